The van der Waals surface area contributed by atoms with Gasteiger partial charge in [-0.15, -0.1) is 0 Å². The topological polar surface area (TPSA) is 62.5 Å². The predicted octanol–water partition coefficient (Wildman–Crippen LogP) is 10.4. The van der Waals surface area contributed by atoms with Gasteiger partial charge in [0.1, 0.15) is 0 Å². The number of nitrogens with zero attached hydrogens (tertiary/aromatic N) is 4. The summed E-state index contributed by atoms with van der Waals surface area (Å²) in [5.41, 5.74) is 14.1. The predicted molar refractivity (Wildman–Crippen MR) is 189 cm³/mol. The first-order valence-electron chi connectivity index (χ1n) is 15.7. The molecule has 0 atom stereocenters. The smallest absolute Gasteiger partial charge is 0.160 e. The van der Waals surface area contributed by atoms with Crippen LogP contribution in [0.25, 0.3) is 67.4 Å². The highest BCUT2D eigenvalue weighted by atomic mass is 14.9. The van der Waals surface area contributed by atoms with E-state index >= 15 is 0 Å². The quantitative estimate of drug-likeness (QED) is 0.197. The Morgan fingerprint density at radius 1 is 0.489 bits per heavy atom. The first-order chi connectivity index (χ1) is 23.0. The van der Waals surface area contributed by atoms with E-state index in [1.807, 2.05) is 85.1 Å². The van der Waals surface area contributed by atoms with Crippen molar-refractivity contribution in [2.24, 2.45) is 0 Å². The number of aromatic nitrogens is 3. The monoisotopic (exact) mass is 602 g/mol. The third-order valence-corrected chi connectivity index (χ3v) is 9.16. The molecule has 0 bridgehead atoms. The van der Waals surface area contributed by atoms with Crippen LogP contribution in [0.15, 0.2) is 146 Å². The maximum Gasteiger partial charge on any atom is 0.160 e. The highest BCUT2D eigenvalue weighted by Gasteiger charge is 2.35. The average Bonchev–Trinajstić information content (AvgIpc) is 3.37. The van der Waals surface area contributed by atoms with Crippen LogP contribution in [-0.2, 0) is 5.41 Å². The molecule has 0 N–H and O–H groups in total. The Labute approximate surface area is 274 Å². The number of hydrogen-bond donors (Lipinski definition) is 0. The van der Waals surface area contributed by atoms with E-state index in [2.05, 4.69) is 80.6 Å². The van der Waals surface area contributed by atoms with Gasteiger partial charge in [-0.05, 0) is 88.0 Å². The van der Waals surface area contributed by atoms with Crippen LogP contribution < -0.4 is 0 Å². The Balaban J connectivity index is 1.32. The van der Waals surface area contributed by atoms with E-state index in [9.17, 15) is 5.26 Å². The van der Waals surface area contributed by atoms with Gasteiger partial charge in [-0.2, -0.15) is 5.26 Å². The lowest BCUT2D eigenvalue weighted by Crippen LogP contribution is -2.15. The standard InChI is InChI=1S/C43H30N4/c1-43(2)37-19-16-28(27-44)21-36(37)35-18-17-31(25-38(35)43)32-22-33(39-15-9-10-20-45-39)24-34(23-32)41-26-40(29-11-5-3-6-12-29)46-42(47-41)30-13-7-4-8-14-30/h3-26H,1-2H3. The summed E-state index contributed by atoms with van der Waals surface area (Å²) in [5, 5.41) is 9.58. The lowest BCUT2D eigenvalue weighted by Gasteiger charge is -2.22. The van der Waals surface area contributed by atoms with E-state index in [4.69, 9.17) is 15.0 Å². The molecule has 0 spiro atoms. The van der Waals surface area contributed by atoms with Crippen molar-refractivity contribution in [2.75, 3.05) is 0 Å². The molecule has 5 aromatic carbocycles. The van der Waals surface area contributed by atoms with Crippen molar-refractivity contribution in [2.45, 2.75) is 19.3 Å². The fourth-order valence-corrected chi connectivity index (χ4v) is 6.69. The van der Waals surface area contributed by atoms with Gasteiger partial charge in [0.25, 0.3) is 0 Å². The second-order valence-electron chi connectivity index (χ2n) is 12.5. The zero-order chi connectivity index (χ0) is 32.0. The lowest BCUT2D eigenvalue weighted by molar-refractivity contribution is 0.660. The summed E-state index contributed by atoms with van der Waals surface area (Å²) in [5.74, 6) is 0.681. The van der Waals surface area contributed by atoms with Crippen LogP contribution in [0.4, 0.5) is 0 Å². The zero-order valence-electron chi connectivity index (χ0n) is 26.1. The highest BCUT2D eigenvalue weighted by molar-refractivity contribution is 5.86. The third-order valence-electron chi connectivity index (χ3n) is 9.16. The van der Waals surface area contributed by atoms with Crippen LogP contribution in [0.5, 0.6) is 0 Å². The summed E-state index contributed by atoms with van der Waals surface area (Å²) in [6, 6.07) is 50.2. The minimum Gasteiger partial charge on any atom is -0.256 e. The van der Waals surface area contributed by atoms with Gasteiger partial charge < -0.3 is 0 Å². The number of fused-ring (bicyclic) bond motifs is 3. The van der Waals surface area contributed by atoms with Crippen LogP contribution in [-0.4, -0.2) is 15.0 Å². The van der Waals surface area contributed by atoms with E-state index in [1.165, 1.54) is 16.7 Å². The van der Waals surface area contributed by atoms with Crippen molar-refractivity contribution in [3.63, 3.8) is 0 Å². The summed E-state index contributed by atoms with van der Waals surface area (Å²) >= 11 is 0. The first-order valence-corrected chi connectivity index (χ1v) is 15.7. The van der Waals surface area contributed by atoms with Crippen LogP contribution in [0.3, 0.4) is 0 Å². The van der Waals surface area contributed by atoms with Gasteiger partial charge in [0.2, 0.25) is 0 Å². The Bertz CT molecular complexity index is 2260. The van der Waals surface area contributed by atoms with Crippen LogP contribution >= 0.6 is 0 Å². The van der Waals surface area contributed by atoms with Crippen molar-refractivity contribution in [3.8, 4) is 73.5 Å². The molecule has 0 saturated carbocycles. The minimum absolute atomic E-state index is 0.197. The fourth-order valence-electron chi connectivity index (χ4n) is 6.69. The fraction of sp³-hybridized carbons (Fsp3) is 0.0698. The molecule has 0 aliphatic heterocycles. The van der Waals surface area contributed by atoms with E-state index < -0.39 is 0 Å². The number of hydrogen-bond acceptors (Lipinski definition) is 4. The Morgan fingerprint density at radius 3 is 1.85 bits per heavy atom. The molecule has 0 unspecified atom stereocenters. The molecule has 7 aromatic rings. The summed E-state index contributed by atoms with van der Waals surface area (Å²) < 4.78 is 0. The lowest BCUT2D eigenvalue weighted by atomic mass is 9.81. The zero-order valence-corrected chi connectivity index (χ0v) is 26.1. The van der Waals surface area contributed by atoms with Gasteiger partial charge in [0.15, 0.2) is 5.82 Å². The number of pyridine rings is 1. The number of nitriles is 1. The summed E-state index contributed by atoms with van der Waals surface area (Å²) in [4.78, 5) is 14.9. The largest absolute Gasteiger partial charge is 0.256 e. The average molecular weight is 603 g/mol. The molecule has 1 aliphatic carbocycles. The molecule has 1 aliphatic rings. The second-order valence-corrected chi connectivity index (χ2v) is 12.5. The van der Waals surface area contributed by atoms with E-state index in [1.54, 1.807) is 0 Å². The number of rotatable bonds is 5. The maximum atomic E-state index is 9.58. The first kappa shape index (κ1) is 28.3. The normalized spacial score (nSPS) is 12.6. The molecule has 2 heterocycles. The van der Waals surface area contributed by atoms with Crippen molar-refractivity contribution in [1.29, 1.82) is 5.26 Å². The molecular weight excluding hydrogens is 573 g/mol. The molecule has 0 saturated heterocycles. The van der Waals surface area contributed by atoms with Gasteiger partial charge in [0.05, 0.1) is 28.7 Å². The Morgan fingerprint density at radius 2 is 1.15 bits per heavy atom. The molecule has 222 valence electrons. The Kier molecular flexibility index (Phi) is 6.82. The molecule has 0 amide bonds. The number of benzene rings is 5. The highest BCUT2D eigenvalue weighted by Crippen LogP contribution is 2.50. The maximum absolute atomic E-state index is 9.58. The molecule has 0 radical (unpaired) electrons. The molecular formula is C43H30N4. The van der Waals surface area contributed by atoms with Gasteiger partial charge in [0, 0.05) is 33.9 Å². The van der Waals surface area contributed by atoms with Crippen molar-refractivity contribution in [3.05, 3.63) is 162 Å². The van der Waals surface area contributed by atoms with E-state index in [0.29, 0.717) is 11.4 Å². The minimum atomic E-state index is -0.197. The third kappa shape index (κ3) is 5.09. The van der Waals surface area contributed by atoms with Gasteiger partial charge >= 0.3 is 0 Å². The van der Waals surface area contributed by atoms with Crippen LogP contribution in [0.2, 0.25) is 0 Å². The van der Waals surface area contributed by atoms with E-state index in [0.717, 1.165) is 56.0 Å². The summed E-state index contributed by atoms with van der Waals surface area (Å²) in [7, 11) is 0. The molecule has 8 rings (SSSR count). The van der Waals surface area contributed by atoms with Gasteiger partial charge in [-0.1, -0.05) is 98.8 Å². The Hall–Kier alpha value is -6.18. The molecule has 2 aromatic heterocycles. The van der Waals surface area contributed by atoms with Crippen molar-refractivity contribution >= 4 is 0 Å². The molecule has 0 fully saturated rings. The summed E-state index contributed by atoms with van der Waals surface area (Å²) in [6.07, 6.45) is 1.83. The SMILES string of the molecule is CC1(C)c2ccc(C#N)cc2-c2ccc(-c3cc(-c4ccccn4)cc(-c4cc(-c5ccccc5)nc(-c5ccccc5)n4)c3)cc21. The molecule has 47 heavy (non-hydrogen) atoms. The molecule has 4 heteroatoms. The summed E-state index contributed by atoms with van der Waals surface area (Å²) in [6.45, 7) is 4.53. The van der Waals surface area contributed by atoms with Crippen molar-refractivity contribution < 1.29 is 0 Å². The van der Waals surface area contributed by atoms with Crippen LogP contribution in [0, 0.1) is 11.3 Å². The second kappa shape index (κ2) is 11.3. The van der Waals surface area contributed by atoms with E-state index in [-0.39, 0.29) is 5.41 Å². The van der Waals surface area contributed by atoms with Crippen LogP contribution in [0.1, 0.15) is 30.5 Å². The molecule has 4 nitrogen and oxygen atoms in total. The van der Waals surface area contributed by atoms with Gasteiger partial charge in [-0.25, -0.2) is 9.97 Å². The van der Waals surface area contributed by atoms with Crippen molar-refractivity contribution in [1.82, 2.24) is 15.0 Å². The van der Waals surface area contributed by atoms with Gasteiger partial charge in [-0.3, -0.25) is 4.98 Å².